The monoisotopic (exact) mass is 343 g/mol. The summed E-state index contributed by atoms with van der Waals surface area (Å²) in [7, 11) is 0. The molecule has 1 amide bonds. The van der Waals surface area contributed by atoms with Gasteiger partial charge in [-0.3, -0.25) is 4.79 Å². The number of fused-ring (bicyclic) bond motifs is 1. The number of benzene rings is 1. The Morgan fingerprint density at radius 2 is 2.08 bits per heavy atom. The number of anilines is 1. The van der Waals surface area contributed by atoms with Crippen LogP contribution >= 0.6 is 11.3 Å². The Bertz CT molecular complexity index is 867. The third-order valence-electron chi connectivity index (χ3n) is 3.91. The van der Waals surface area contributed by atoms with Crippen molar-refractivity contribution in [3.8, 4) is 10.6 Å². The third-order valence-corrected chi connectivity index (χ3v) is 4.86. The van der Waals surface area contributed by atoms with Gasteiger partial charge in [-0.25, -0.2) is 0 Å². The zero-order chi connectivity index (χ0) is 17.1. The summed E-state index contributed by atoms with van der Waals surface area (Å²) in [6.45, 7) is 6.00. The second-order valence-electron chi connectivity index (χ2n) is 5.88. The van der Waals surface area contributed by atoms with Crippen LogP contribution in [0.3, 0.4) is 0 Å². The molecule has 3 aromatic rings. The second kappa shape index (κ2) is 7.09. The van der Waals surface area contributed by atoms with Gasteiger partial charge in [-0.05, 0) is 31.9 Å². The van der Waals surface area contributed by atoms with Crippen molar-refractivity contribution in [1.29, 1.82) is 0 Å². The number of aromatic nitrogens is 4. The summed E-state index contributed by atoms with van der Waals surface area (Å²) < 4.78 is 1.74. The van der Waals surface area contributed by atoms with Gasteiger partial charge in [-0.1, -0.05) is 43.2 Å². The van der Waals surface area contributed by atoms with Crippen LogP contribution in [0.1, 0.15) is 44.0 Å². The second-order valence-corrected chi connectivity index (χ2v) is 6.84. The average molecular weight is 343 g/mol. The molecule has 0 aliphatic carbocycles. The molecule has 1 aromatic carbocycles. The molecule has 0 aliphatic heterocycles. The predicted molar refractivity (Wildman–Crippen MR) is 96.3 cm³/mol. The number of hydrogen-bond donors (Lipinski definition) is 1. The quantitative estimate of drug-likeness (QED) is 0.687. The normalized spacial score (nSPS) is 11.1. The fraction of sp³-hybridized carbons (Fsp3) is 0.412. The van der Waals surface area contributed by atoms with Crippen LogP contribution in [-0.4, -0.2) is 25.7 Å². The van der Waals surface area contributed by atoms with Crippen LogP contribution in [0.15, 0.2) is 18.2 Å². The lowest BCUT2D eigenvalue weighted by Gasteiger charge is -2.09. The Kier molecular flexibility index (Phi) is 4.89. The lowest BCUT2D eigenvalue weighted by molar-refractivity contribution is -0.116. The van der Waals surface area contributed by atoms with Crippen molar-refractivity contribution < 1.29 is 4.79 Å². The van der Waals surface area contributed by atoms with Gasteiger partial charge < -0.3 is 5.32 Å². The van der Waals surface area contributed by atoms with E-state index in [1.807, 2.05) is 32.0 Å². The molecule has 0 unspecified atom stereocenters. The molecule has 0 saturated carbocycles. The summed E-state index contributed by atoms with van der Waals surface area (Å²) in [5, 5.41) is 16.5. The van der Waals surface area contributed by atoms with Crippen molar-refractivity contribution in [3.05, 3.63) is 29.6 Å². The zero-order valence-corrected chi connectivity index (χ0v) is 15.0. The molecule has 0 fully saturated rings. The van der Waals surface area contributed by atoms with Gasteiger partial charge in [0.15, 0.2) is 5.82 Å². The van der Waals surface area contributed by atoms with Crippen molar-refractivity contribution in [2.45, 2.75) is 46.5 Å². The van der Waals surface area contributed by atoms with Crippen LogP contribution in [0.4, 0.5) is 5.69 Å². The number of rotatable bonds is 6. The highest BCUT2D eigenvalue weighted by atomic mass is 32.1. The van der Waals surface area contributed by atoms with E-state index in [2.05, 4.69) is 27.5 Å². The number of aryl methyl sites for hydroxylation is 2. The highest BCUT2D eigenvalue weighted by Crippen LogP contribution is 2.29. The molecule has 24 heavy (non-hydrogen) atoms. The van der Waals surface area contributed by atoms with Crippen LogP contribution in [0, 0.1) is 13.8 Å². The first-order chi connectivity index (χ1) is 11.6. The number of hydrogen-bond acceptors (Lipinski definition) is 5. The van der Waals surface area contributed by atoms with Gasteiger partial charge in [0.05, 0.1) is 0 Å². The first kappa shape index (κ1) is 16.6. The van der Waals surface area contributed by atoms with Crippen LogP contribution in [0.25, 0.3) is 15.5 Å². The van der Waals surface area contributed by atoms with E-state index in [0.29, 0.717) is 6.42 Å². The lowest BCUT2D eigenvalue weighted by atomic mass is 10.1. The van der Waals surface area contributed by atoms with E-state index in [9.17, 15) is 4.79 Å². The number of nitrogens with one attached hydrogen (secondary N) is 1. The Hall–Kier alpha value is -2.28. The molecule has 2 aromatic heterocycles. The predicted octanol–water partition coefficient (Wildman–Crippen LogP) is 3.99. The first-order valence-corrected chi connectivity index (χ1v) is 9.00. The van der Waals surface area contributed by atoms with Crippen molar-refractivity contribution >= 4 is 27.9 Å². The van der Waals surface area contributed by atoms with Crippen molar-refractivity contribution in [3.63, 3.8) is 0 Å². The van der Waals surface area contributed by atoms with Crippen LogP contribution in [0.2, 0.25) is 0 Å². The SMILES string of the molecule is CCCCCC(=O)Nc1cc(-c2nn3c(C)nnc3s2)ccc1C. The molecule has 126 valence electrons. The maximum atomic E-state index is 12.1. The van der Waals surface area contributed by atoms with E-state index in [-0.39, 0.29) is 5.91 Å². The Balaban J connectivity index is 1.81. The van der Waals surface area contributed by atoms with E-state index in [1.54, 1.807) is 4.52 Å². The fourth-order valence-corrected chi connectivity index (χ4v) is 3.35. The molecule has 0 bridgehead atoms. The molecular formula is C17H21N5OS. The third kappa shape index (κ3) is 3.46. The Morgan fingerprint density at radius 3 is 2.83 bits per heavy atom. The van der Waals surface area contributed by atoms with Gasteiger partial charge in [-0.2, -0.15) is 9.61 Å². The van der Waals surface area contributed by atoms with Gasteiger partial charge >= 0.3 is 0 Å². The van der Waals surface area contributed by atoms with Crippen molar-refractivity contribution in [2.24, 2.45) is 0 Å². The summed E-state index contributed by atoms with van der Waals surface area (Å²) in [6.07, 6.45) is 3.69. The molecule has 0 atom stereocenters. The van der Waals surface area contributed by atoms with E-state index in [1.165, 1.54) is 11.3 Å². The topological polar surface area (TPSA) is 72.2 Å². The number of unbranched alkanes of at least 4 members (excludes halogenated alkanes) is 2. The smallest absolute Gasteiger partial charge is 0.234 e. The molecule has 6 nitrogen and oxygen atoms in total. The van der Waals surface area contributed by atoms with Crippen LogP contribution < -0.4 is 5.32 Å². The van der Waals surface area contributed by atoms with E-state index in [4.69, 9.17) is 0 Å². The van der Waals surface area contributed by atoms with E-state index < -0.39 is 0 Å². The largest absolute Gasteiger partial charge is 0.326 e. The minimum absolute atomic E-state index is 0.0673. The molecule has 0 aliphatic rings. The Labute approximate surface area is 144 Å². The number of carbonyl (C=O) groups is 1. The highest BCUT2D eigenvalue weighted by molar-refractivity contribution is 7.19. The lowest BCUT2D eigenvalue weighted by Crippen LogP contribution is -2.12. The van der Waals surface area contributed by atoms with Gasteiger partial charge in [0.25, 0.3) is 0 Å². The fourth-order valence-electron chi connectivity index (χ4n) is 2.47. The minimum Gasteiger partial charge on any atom is -0.326 e. The molecule has 3 rings (SSSR count). The molecule has 0 saturated heterocycles. The highest BCUT2D eigenvalue weighted by Gasteiger charge is 2.12. The number of carbonyl (C=O) groups excluding carboxylic acids is 1. The molecular weight excluding hydrogens is 322 g/mol. The number of nitrogens with zero attached hydrogens (tertiary/aromatic N) is 4. The summed E-state index contributed by atoms with van der Waals surface area (Å²) in [5.74, 6) is 0.835. The van der Waals surface area contributed by atoms with Crippen LogP contribution in [0.5, 0.6) is 0 Å². The summed E-state index contributed by atoms with van der Waals surface area (Å²) in [6, 6.07) is 6.00. The molecule has 2 heterocycles. The molecule has 0 radical (unpaired) electrons. The maximum absolute atomic E-state index is 12.1. The summed E-state index contributed by atoms with van der Waals surface area (Å²) in [5.41, 5.74) is 2.86. The summed E-state index contributed by atoms with van der Waals surface area (Å²) >= 11 is 1.49. The average Bonchev–Trinajstić information content (AvgIpc) is 3.12. The van der Waals surface area contributed by atoms with Gasteiger partial charge in [-0.15, -0.1) is 10.2 Å². The van der Waals surface area contributed by atoms with Gasteiger partial charge in [0, 0.05) is 17.7 Å². The Morgan fingerprint density at radius 1 is 1.25 bits per heavy atom. The summed E-state index contributed by atoms with van der Waals surface area (Å²) in [4.78, 5) is 12.9. The van der Waals surface area contributed by atoms with E-state index >= 15 is 0 Å². The van der Waals surface area contributed by atoms with E-state index in [0.717, 1.165) is 51.9 Å². The van der Waals surface area contributed by atoms with Crippen molar-refractivity contribution in [2.75, 3.05) is 5.32 Å². The van der Waals surface area contributed by atoms with Gasteiger partial charge in [0.2, 0.25) is 10.9 Å². The number of amides is 1. The molecule has 1 N–H and O–H groups in total. The van der Waals surface area contributed by atoms with Gasteiger partial charge in [0.1, 0.15) is 5.01 Å². The first-order valence-electron chi connectivity index (χ1n) is 8.18. The maximum Gasteiger partial charge on any atom is 0.234 e. The van der Waals surface area contributed by atoms with Crippen molar-refractivity contribution in [1.82, 2.24) is 19.8 Å². The minimum atomic E-state index is 0.0673. The molecule has 0 spiro atoms. The van der Waals surface area contributed by atoms with Crippen LogP contribution in [-0.2, 0) is 4.79 Å². The zero-order valence-electron chi connectivity index (χ0n) is 14.2. The standard InChI is InChI=1S/C17H21N5OS/c1-4-5-6-7-15(23)18-14-10-13(9-8-11(14)2)16-21-22-12(3)19-20-17(22)24-16/h8-10H,4-7H2,1-3H3,(H,18,23). The molecule has 7 heteroatoms.